The van der Waals surface area contributed by atoms with Gasteiger partial charge in [-0.25, -0.2) is 0 Å². The zero-order valence-corrected chi connectivity index (χ0v) is 17.7. The van der Waals surface area contributed by atoms with E-state index < -0.39 is 0 Å². The number of hydrogen-bond donors (Lipinski definition) is 0. The smallest absolute Gasteiger partial charge is 0.293 e. The maximum Gasteiger partial charge on any atom is 0.293 e. The highest BCUT2D eigenvalue weighted by Crippen LogP contribution is 2.21. The lowest BCUT2D eigenvalue weighted by molar-refractivity contribution is 0.0947. The van der Waals surface area contributed by atoms with Crippen LogP contribution in [0.4, 0.5) is 5.69 Å². The van der Waals surface area contributed by atoms with E-state index in [0.29, 0.717) is 17.3 Å². The minimum atomic E-state index is -0.131. The quantitative estimate of drug-likeness (QED) is 0.556. The number of piperazine rings is 1. The van der Waals surface area contributed by atoms with Crippen LogP contribution in [0.5, 0.6) is 0 Å². The van der Waals surface area contributed by atoms with Crippen molar-refractivity contribution < 1.29 is 9.21 Å². The van der Waals surface area contributed by atoms with Crippen molar-refractivity contribution in [1.29, 1.82) is 0 Å². The van der Waals surface area contributed by atoms with Gasteiger partial charge in [-0.3, -0.25) is 14.6 Å². The summed E-state index contributed by atoms with van der Waals surface area (Å²) in [4.78, 5) is 21.1. The molecule has 4 rings (SSSR count). The minimum Gasteiger partial charge on any atom is -0.459 e. The van der Waals surface area contributed by atoms with Crippen LogP contribution in [0.25, 0.3) is 0 Å². The van der Waals surface area contributed by atoms with Gasteiger partial charge in [0.25, 0.3) is 5.91 Å². The molecule has 3 aromatic rings. The number of amides is 1. The Morgan fingerprint density at radius 1 is 1.03 bits per heavy atom. The summed E-state index contributed by atoms with van der Waals surface area (Å²) in [6.45, 7) is 6.56. The van der Waals surface area contributed by atoms with Crippen LogP contribution in [0.15, 0.2) is 64.6 Å². The first-order valence-corrected chi connectivity index (χ1v) is 11.0. The second-order valence-electron chi connectivity index (χ2n) is 7.11. The molecule has 2 aromatic heterocycles. The average Bonchev–Trinajstić information content (AvgIpc) is 3.45. The Labute approximate surface area is 180 Å². The van der Waals surface area contributed by atoms with E-state index in [1.54, 1.807) is 17.0 Å². The van der Waals surface area contributed by atoms with Crippen molar-refractivity contribution >= 4 is 34.5 Å². The van der Waals surface area contributed by atoms with Crippen LogP contribution in [0.2, 0.25) is 5.02 Å². The number of benzene rings is 1. The Balaban J connectivity index is 1.36. The van der Waals surface area contributed by atoms with E-state index in [1.807, 2.05) is 35.6 Å². The Morgan fingerprint density at radius 3 is 2.45 bits per heavy atom. The molecule has 0 saturated carbocycles. The summed E-state index contributed by atoms with van der Waals surface area (Å²) >= 11 is 7.84. The molecule has 0 spiro atoms. The molecule has 1 aliphatic rings. The zero-order chi connectivity index (χ0) is 20.1. The molecule has 1 fully saturated rings. The van der Waals surface area contributed by atoms with Gasteiger partial charge >= 0.3 is 0 Å². The van der Waals surface area contributed by atoms with Crippen LogP contribution < -0.4 is 4.90 Å². The van der Waals surface area contributed by atoms with Gasteiger partial charge in [-0.2, -0.15) is 0 Å². The number of nitrogens with zero attached hydrogens (tertiary/aromatic N) is 3. The molecule has 29 heavy (non-hydrogen) atoms. The molecule has 0 unspecified atom stereocenters. The van der Waals surface area contributed by atoms with Gasteiger partial charge in [0, 0.05) is 61.4 Å². The van der Waals surface area contributed by atoms with Crippen molar-refractivity contribution in [3.63, 3.8) is 0 Å². The van der Waals surface area contributed by atoms with Gasteiger partial charge in [0.2, 0.25) is 0 Å². The summed E-state index contributed by atoms with van der Waals surface area (Å²) in [6.07, 6.45) is 1.53. The van der Waals surface area contributed by atoms with E-state index in [9.17, 15) is 4.79 Å². The highest BCUT2D eigenvalue weighted by Gasteiger charge is 2.23. The van der Waals surface area contributed by atoms with Crippen LogP contribution in [-0.2, 0) is 6.54 Å². The lowest BCUT2D eigenvalue weighted by Gasteiger charge is -2.35. The topological polar surface area (TPSA) is 39.9 Å². The molecule has 3 heterocycles. The Hall–Kier alpha value is -2.12. The Morgan fingerprint density at radius 2 is 1.79 bits per heavy atom. The maximum absolute atomic E-state index is 13.0. The standard InChI is InChI=1S/C22H24ClN3O2S/c23-18-5-7-19(8-6-18)26(22(27)21-4-1-15-28-21)14-13-24-9-11-25(12-10-24)17-20-3-2-16-29-20/h1-8,15-16H,9-14,17H2. The molecule has 1 saturated heterocycles. The molecule has 0 N–H and O–H groups in total. The van der Waals surface area contributed by atoms with Crippen molar-refractivity contribution in [2.45, 2.75) is 6.54 Å². The fourth-order valence-corrected chi connectivity index (χ4v) is 4.41. The first-order chi connectivity index (χ1) is 14.2. The van der Waals surface area contributed by atoms with Gasteiger partial charge in [0.05, 0.1) is 6.26 Å². The molecule has 0 radical (unpaired) electrons. The van der Waals surface area contributed by atoms with Crippen molar-refractivity contribution in [2.24, 2.45) is 0 Å². The predicted octanol–water partition coefficient (Wildman–Crippen LogP) is 4.46. The van der Waals surface area contributed by atoms with E-state index in [-0.39, 0.29) is 5.91 Å². The fourth-order valence-electron chi connectivity index (χ4n) is 3.54. The number of rotatable bonds is 7. The molecule has 0 aliphatic carbocycles. The zero-order valence-electron chi connectivity index (χ0n) is 16.2. The summed E-state index contributed by atoms with van der Waals surface area (Å²) in [6, 6.07) is 15.1. The lowest BCUT2D eigenvalue weighted by atomic mass is 10.2. The lowest BCUT2D eigenvalue weighted by Crippen LogP contribution is -2.48. The maximum atomic E-state index is 13.0. The van der Waals surface area contributed by atoms with E-state index >= 15 is 0 Å². The SMILES string of the molecule is O=C(c1ccco1)N(CCN1CCN(Cc2cccs2)CC1)c1ccc(Cl)cc1. The van der Waals surface area contributed by atoms with Crippen LogP contribution in [0.3, 0.4) is 0 Å². The number of anilines is 1. The van der Waals surface area contributed by atoms with Crippen molar-refractivity contribution in [3.8, 4) is 0 Å². The number of halogens is 1. The third kappa shape index (κ3) is 5.28. The normalized spacial score (nSPS) is 15.5. The van der Waals surface area contributed by atoms with Gasteiger partial charge < -0.3 is 9.32 Å². The van der Waals surface area contributed by atoms with Crippen molar-refractivity contribution in [1.82, 2.24) is 9.80 Å². The van der Waals surface area contributed by atoms with E-state index in [1.165, 1.54) is 11.1 Å². The summed E-state index contributed by atoms with van der Waals surface area (Å²) in [7, 11) is 0. The molecule has 5 nitrogen and oxygen atoms in total. The molecule has 7 heteroatoms. The van der Waals surface area contributed by atoms with Crippen LogP contribution in [0.1, 0.15) is 15.4 Å². The fraction of sp³-hybridized carbons (Fsp3) is 0.318. The van der Waals surface area contributed by atoms with Crippen molar-refractivity contribution in [3.05, 3.63) is 75.8 Å². The molecule has 0 bridgehead atoms. The monoisotopic (exact) mass is 429 g/mol. The molecule has 1 aliphatic heterocycles. The van der Waals surface area contributed by atoms with Gasteiger partial charge in [-0.05, 0) is 47.8 Å². The van der Waals surface area contributed by atoms with Crippen LogP contribution >= 0.6 is 22.9 Å². The minimum absolute atomic E-state index is 0.131. The highest BCUT2D eigenvalue weighted by atomic mass is 35.5. The third-order valence-corrected chi connectivity index (χ3v) is 6.29. The summed E-state index contributed by atoms with van der Waals surface area (Å²) in [5.41, 5.74) is 0.826. The number of furan rings is 1. The molecule has 0 atom stereocenters. The molecule has 1 aromatic carbocycles. The van der Waals surface area contributed by atoms with E-state index in [0.717, 1.165) is 45.0 Å². The molecular formula is C22H24ClN3O2S. The molecular weight excluding hydrogens is 406 g/mol. The second-order valence-corrected chi connectivity index (χ2v) is 8.58. The van der Waals surface area contributed by atoms with Crippen LogP contribution in [-0.4, -0.2) is 55.0 Å². The third-order valence-electron chi connectivity index (χ3n) is 5.18. The number of hydrogen-bond acceptors (Lipinski definition) is 5. The van der Waals surface area contributed by atoms with Gasteiger partial charge in [-0.15, -0.1) is 11.3 Å². The van der Waals surface area contributed by atoms with E-state index in [2.05, 4.69) is 27.3 Å². The summed E-state index contributed by atoms with van der Waals surface area (Å²) in [5, 5.41) is 2.79. The van der Waals surface area contributed by atoms with Gasteiger partial charge in [0.1, 0.15) is 0 Å². The Kier molecular flexibility index (Phi) is 6.67. The predicted molar refractivity (Wildman–Crippen MR) is 118 cm³/mol. The molecule has 1 amide bonds. The molecule has 152 valence electrons. The summed E-state index contributed by atoms with van der Waals surface area (Å²) in [5.74, 6) is 0.217. The first-order valence-electron chi connectivity index (χ1n) is 9.77. The van der Waals surface area contributed by atoms with Crippen LogP contribution in [0, 0.1) is 0 Å². The summed E-state index contributed by atoms with van der Waals surface area (Å²) < 4.78 is 5.34. The van der Waals surface area contributed by atoms with E-state index in [4.69, 9.17) is 16.0 Å². The number of thiophene rings is 1. The van der Waals surface area contributed by atoms with Gasteiger partial charge in [-0.1, -0.05) is 17.7 Å². The first kappa shape index (κ1) is 20.2. The van der Waals surface area contributed by atoms with Gasteiger partial charge in [0.15, 0.2) is 5.76 Å². The van der Waals surface area contributed by atoms with Crippen molar-refractivity contribution in [2.75, 3.05) is 44.2 Å². The number of carbonyl (C=O) groups is 1. The largest absolute Gasteiger partial charge is 0.459 e. The highest BCUT2D eigenvalue weighted by molar-refractivity contribution is 7.09. The average molecular weight is 430 g/mol. The number of carbonyl (C=O) groups excluding carboxylic acids is 1. The Bertz CT molecular complexity index is 889. The second kappa shape index (κ2) is 9.59.